The zero-order chi connectivity index (χ0) is 14.2. The SMILES string of the molecule is Cc1cc(Cl)ncc1N1CC(CS(N)(=O)=O)CC1=O. The number of carbonyl (C=O) groups is 1. The Morgan fingerprint density at radius 3 is 2.84 bits per heavy atom. The molecule has 1 atom stereocenters. The van der Waals surface area contributed by atoms with Crippen molar-refractivity contribution in [3.63, 3.8) is 0 Å². The van der Waals surface area contributed by atoms with Crippen LogP contribution in [0.5, 0.6) is 0 Å². The van der Waals surface area contributed by atoms with Crippen LogP contribution in [0.25, 0.3) is 0 Å². The third kappa shape index (κ3) is 3.43. The van der Waals surface area contributed by atoms with E-state index in [0.29, 0.717) is 17.4 Å². The fourth-order valence-corrected chi connectivity index (χ4v) is 3.34. The molecule has 1 aromatic rings. The first-order chi connectivity index (χ1) is 8.76. The van der Waals surface area contributed by atoms with Crippen LogP contribution < -0.4 is 10.0 Å². The molecule has 2 rings (SSSR count). The molecule has 0 aromatic carbocycles. The van der Waals surface area contributed by atoms with Gasteiger partial charge in [0.05, 0.1) is 17.6 Å². The highest BCUT2D eigenvalue weighted by atomic mass is 35.5. The predicted octanol–water partition coefficient (Wildman–Crippen LogP) is 0.685. The molecule has 1 aromatic heterocycles. The van der Waals surface area contributed by atoms with Crippen LogP contribution in [-0.2, 0) is 14.8 Å². The lowest BCUT2D eigenvalue weighted by Gasteiger charge is -2.18. The average molecular weight is 304 g/mol. The van der Waals surface area contributed by atoms with Crippen molar-refractivity contribution in [2.45, 2.75) is 13.3 Å². The minimum absolute atomic E-state index is 0.124. The van der Waals surface area contributed by atoms with Crippen LogP contribution in [0, 0.1) is 12.8 Å². The lowest BCUT2D eigenvalue weighted by molar-refractivity contribution is -0.117. The minimum Gasteiger partial charge on any atom is -0.310 e. The van der Waals surface area contributed by atoms with E-state index in [1.807, 2.05) is 6.92 Å². The van der Waals surface area contributed by atoms with Gasteiger partial charge in [-0.1, -0.05) is 11.6 Å². The second-order valence-corrected chi connectivity index (χ2v) is 6.74. The van der Waals surface area contributed by atoms with Gasteiger partial charge >= 0.3 is 0 Å². The predicted molar refractivity (Wildman–Crippen MR) is 72.4 cm³/mol. The number of primary sulfonamides is 1. The molecule has 0 saturated carbocycles. The third-order valence-corrected chi connectivity index (χ3v) is 4.16. The fourth-order valence-electron chi connectivity index (χ4n) is 2.25. The highest BCUT2D eigenvalue weighted by Gasteiger charge is 2.33. The molecule has 6 nitrogen and oxygen atoms in total. The number of halogens is 1. The van der Waals surface area contributed by atoms with Crippen LogP contribution in [0.4, 0.5) is 5.69 Å². The van der Waals surface area contributed by atoms with Crippen LogP contribution >= 0.6 is 11.6 Å². The molecular formula is C11H14ClN3O3S. The summed E-state index contributed by atoms with van der Waals surface area (Å²) < 4.78 is 22.1. The van der Waals surface area contributed by atoms with Crippen molar-refractivity contribution in [3.05, 3.63) is 23.0 Å². The van der Waals surface area contributed by atoms with Crippen molar-refractivity contribution in [1.29, 1.82) is 0 Å². The summed E-state index contributed by atoms with van der Waals surface area (Å²) in [5.41, 5.74) is 1.48. The summed E-state index contributed by atoms with van der Waals surface area (Å²) in [6, 6.07) is 1.66. The van der Waals surface area contributed by atoms with Gasteiger partial charge in [-0.15, -0.1) is 0 Å². The summed E-state index contributed by atoms with van der Waals surface area (Å²) in [4.78, 5) is 17.4. The Balaban J connectivity index is 2.20. The summed E-state index contributed by atoms with van der Waals surface area (Å²) in [6.07, 6.45) is 1.70. The second-order valence-electron chi connectivity index (χ2n) is 4.70. The minimum atomic E-state index is -3.57. The number of aryl methyl sites for hydroxylation is 1. The number of amides is 1. The van der Waals surface area contributed by atoms with Crippen molar-refractivity contribution in [3.8, 4) is 0 Å². The third-order valence-electron chi connectivity index (χ3n) is 3.01. The van der Waals surface area contributed by atoms with Crippen LogP contribution in [0.1, 0.15) is 12.0 Å². The van der Waals surface area contributed by atoms with Gasteiger partial charge in [-0.3, -0.25) is 4.79 Å². The van der Waals surface area contributed by atoms with Gasteiger partial charge in [0.2, 0.25) is 15.9 Å². The van der Waals surface area contributed by atoms with Crippen LogP contribution in [0.3, 0.4) is 0 Å². The Hall–Kier alpha value is -1.18. The van der Waals surface area contributed by atoms with Crippen molar-refractivity contribution in [2.24, 2.45) is 11.1 Å². The molecule has 0 aliphatic carbocycles. The molecular weight excluding hydrogens is 290 g/mol. The molecule has 0 radical (unpaired) electrons. The highest BCUT2D eigenvalue weighted by Crippen LogP contribution is 2.28. The summed E-state index contributed by atoms with van der Waals surface area (Å²) >= 11 is 5.77. The van der Waals surface area contributed by atoms with Gasteiger partial charge in [0.1, 0.15) is 5.15 Å². The maximum atomic E-state index is 11.9. The first-order valence-corrected chi connectivity index (χ1v) is 7.78. The quantitative estimate of drug-likeness (QED) is 0.831. The number of carbonyl (C=O) groups excluding carboxylic acids is 1. The number of anilines is 1. The summed E-state index contributed by atoms with van der Waals surface area (Å²) in [7, 11) is -3.57. The van der Waals surface area contributed by atoms with E-state index in [-0.39, 0.29) is 24.0 Å². The van der Waals surface area contributed by atoms with Crippen LogP contribution in [0.15, 0.2) is 12.3 Å². The fraction of sp³-hybridized carbons (Fsp3) is 0.455. The van der Waals surface area contributed by atoms with Gasteiger partial charge in [-0.05, 0) is 18.6 Å². The van der Waals surface area contributed by atoms with Crippen molar-refractivity contribution in [2.75, 3.05) is 17.2 Å². The van der Waals surface area contributed by atoms with E-state index in [1.54, 1.807) is 6.07 Å². The Bertz CT molecular complexity index is 618. The smallest absolute Gasteiger partial charge is 0.227 e. The maximum Gasteiger partial charge on any atom is 0.227 e. The molecule has 104 valence electrons. The van der Waals surface area contributed by atoms with Crippen LogP contribution in [0.2, 0.25) is 5.15 Å². The van der Waals surface area contributed by atoms with Crippen molar-refractivity contribution < 1.29 is 13.2 Å². The number of aromatic nitrogens is 1. The monoisotopic (exact) mass is 303 g/mol. The lowest BCUT2D eigenvalue weighted by atomic mass is 10.1. The van der Waals surface area contributed by atoms with Crippen molar-refractivity contribution >= 4 is 33.2 Å². The molecule has 2 N–H and O–H groups in total. The van der Waals surface area contributed by atoms with Crippen LogP contribution in [-0.4, -0.2) is 31.6 Å². The molecule has 1 amide bonds. The summed E-state index contributed by atoms with van der Waals surface area (Å²) in [6.45, 7) is 2.16. The molecule has 19 heavy (non-hydrogen) atoms. The number of hydrogen-bond acceptors (Lipinski definition) is 4. The first-order valence-electron chi connectivity index (χ1n) is 5.69. The van der Waals surface area contributed by atoms with E-state index in [2.05, 4.69) is 4.98 Å². The van der Waals surface area contributed by atoms with E-state index in [9.17, 15) is 13.2 Å². The van der Waals surface area contributed by atoms with E-state index in [0.717, 1.165) is 5.56 Å². The molecule has 1 saturated heterocycles. The molecule has 1 aliphatic rings. The summed E-state index contributed by atoms with van der Waals surface area (Å²) in [5, 5.41) is 5.36. The van der Waals surface area contributed by atoms with E-state index in [4.69, 9.17) is 16.7 Å². The standard InChI is InChI=1S/C11H14ClN3O3S/c1-7-2-10(12)14-4-9(7)15-5-8(3-11(15)16)6-19(13,17)18/h2,4,8H,3,5-6H2,1H3,(H2,13,17,18). The molecule has 8 heteroatoms. The normalized spacial score (nSPS) is 20.1. The van der Waals surface area contributed by atoms with Gasteiger partial charge in [-0.2, -0.15) is 0 Å². The summed E-state index contributed by atoms with van der Waals surface area (Å²) in [5.74, 6) is -0.589. The number of rotatable bonds is 3. The maximum absolute atomic E-state index is 11.9. The molecule has 1 fully saturated rings. The zero-order valence-electron chi connectivity index (χ0n) is 10.3. The molecule has 0 spiro atoms. The Kier molecular flexibility index (Phi) is 3.80. The van der Waals surface area contributed by atoms with Gasteiger partial charge in [0, 0.05) is 18.9 Å². The number of hydrogen-bond donors (Lipinski definition) is 1. The number of nitrogens with zero attached hydrogens (tertiary/aromatic N) is 2. The topological polar surface area (TPSA) is 93.4 Å². The number of sulfonamides is 1. The zero-order valence-corrected chi connectivity index (χ0v) is 11.9. The average Bonchev–Trinajstić information content (AvgIpc) is 2.56. The highest BCUT2D eigenvalue weighted by molar-refractivity contribution is 7.89. The molecule has 2 heterocycles. The number of pyridine rings is 1. The molecule has 0 bridgehead atoms. The molecule has 1 aliphatic heterocycles. The van der Waals surface area contributed by atoms with E-state index in [1.165, 1.54) is 11.1 Å². The largest absolute Gasteiger partial charge is 0.310 e. The number of nitrogens with two attached hydrogens (primary N) is 1. The Morgan fingerprint density at radius 1 is 1.58 bits per heavy atom. The Labute approximate surface area is 116 Å². The van der Waals surface area contributed by atoms with Gasteiger partial charge in [0.15, 0.2) is 0 Å². The van der Waals surface area contributed by atoms with E-state index >= 15 is 0 Å². The van der Waals surface area contributed by atoms with Gasteiger partial charge in [0.25, 0.3) is 0 Å². The van der Waals surface area contributed by atoms with Gasteiger partial charge in [-0.25, -0.2) is 18.5 Å². The van der Waals surface area contributed by atoms with E-state index < -0.39 is 10.0 Å². The molecule has 1 unspecified atom stereocenters. The first kappa shape index (κ1) is 14.2. The van der Waals surface area contributed by atoms with Gasteiger partial charge < -0.3 is 4.90 Å². The Morgan fingerprint density at radius 2 is 2.26 bits per heavy atom. The lowest BCUT2D eigenvalue weighted by Crippen LogP contribution is -2.28. The van der Waals surface area contributed by atoms with Crippen molar-refractivity contribution in [1.82, 2.24) is 4.98 Å². The second kappa shape index (κ2) is 5.07.